The third kappa shape index (κ3) is 1.71. The van der Waals surface area contributed by atoms with E-state index >= 15 is 0 Å². The quantitative estimate of drug-likeness (QED) is 0.673. The molecule has 0 aromatic heterocycles. The third-order valence-electron chi connectivity index (χ3n) is 1.72. The molecule has 0 amide bonds. The zero-order valence-corrected chi connectivity index (χ0v) is 6.54. The lowest BCUT2D eigenvalue weighted by molar-refractivity contribution is 0.275. The van der Waals surface area contributed by atoms with Gasteiger partial charge in [-0.05, 0) is 24.1 Å². The Labute approximate surface area is 66.1 Å². The van der Waals surface area contributed by atoms with Gasteiger partial charge in [0.25, 0.3) is 0 Å². The van der Waals surface area contributed by atoms with Crippen molar-refractivity contribution >= 4 is 0 Å². The van der Waals surface area contributed by atoms with E-state index in [0.717, 1.165) is 12.0 Å². The van der Waals surface area contributed by atoms with Gasteiger partial charge in [-0.15, -0.1) is 0 Å². The van der Waals surface area contributed by atoms with Gasteiger partial charge in [-0.3, -0.25) is 0 Å². The molecule has 1 rings (SSSR count). The Balaban J connectivity index is 3.02. The number of aromatic hydroxyl groups is 1. The number of aliphatic hydroxyl groups is 1. The van der Waals surface area contributed by atoms with Crippen molar-refractivity contribution in [1.82, 2.24) is 0 Å². The van der Waals surface area contributed by atoms with E-state index in [1.165, 1.54) is 0 Å². The number of hydrogen-bond acceptors (Lipinski definition) is 2. The van der Waals surface area contributed by atoms with E-state index < -0.39 is 0 Å². The Kier molecular flexibility index (Phi) is 2.49. The molecule has 60 valence electrons. The van der Waals surface area contributed by atoms with Crippen molar-refractivity contribution in [2.45, 2.75) is 20.0 Å². The van der Waals surface area contributed by atoms with Crippen molar-refractivity contribution < 1.29 is 10.2 Å². The van der Waals surface area contributed by atoms with Gasteiger partial charge in [-0.1, -0.05) is 13.0 Å². The summed E-state index contributed by atoms with van der Waals surface area (Å²) < 4.78 is 0. The molecule has 0 atom stereocenters. The first-order chi connectivity index (χ1) is 5.27. The highest BCUT2D eigenvalue weighted by atomic mass is 16.3. The lowest BCUT2D eigenvalue weighted by Crippen LogP contribution is -1.87. The van der Waals surface area contributed by atoms with Gasteiger partial charge in [-0.2, -0.15) is 0 Å². The smallest absolute Gasteiger partial charge is 0.121 e. The first-order valence-electron chi connectivity index (χ1n) is 3.69. The second-order valence-corrected chi connectivity index (χ2v) is 2.47. The van der Waals surface area contributed by atoms with Crippen molar-refractivity contribution in [2.24, 2.45) is 0 Å². The van der Waals surface area contributed by atoms with E-state index in [1.807, 2.05) is 19.1 Å². The molecule has 1 aromatic rings. The van der Waals surface area contributed by atoms with Crippen LogP contribution in [0.15, 0.2) is 18.2 Å². The molecule has 2 N–H and O–H groups in total. The molecule has 0 radical (unpaired) electrons. The largest absolute Gasteiger partial charge is 0.508 e. The lowest BCUT2D eigenvalue weighted by Gasteiger charge is -2.02. The van der Waals surface area contributed by atoms with E-state index in [-0.39, 0.29) is 12.4 Å². The van der Waals surface area contributed by atoms with Gasteiger partial charge >= 0.3 is 0 Å². The zero-order chi connectivity index (χ0) is 8.27. The minimum absolute atomic E-state index is 0.0975. The maximum absolute atomic E-state index is 9.17. The van der Waals surface area contributed by atoms with Gasteiger partial charge in [0.2, 0.25) is 0 Å². The van der Waals surface area contributed by atoms with Crippen LogP contribution in [0.5, 0.6) is 5.75 Å². The summed E-state index contributed by atoms with van der Waals surface area (Å²) in [5.74, 6) is 0.171. The average Bonchev–Trinajstić information content (AvgIpc) is 2.05. The Bertz CT molecular complexity index is 243. The molecule has 0 unspecified atom stereocenters. The summed E-state index contributed by atoms with van der Waals surface area (Å²) in [5, 5.41) is 17.9. The molecule has 0 fully saturated rings. The fraction of sp³-hybridized carbons (Fsp3) is 0.333. The van der Waals surface area contributed by atoms with Gasteiger partial charge in [0.05, 0.1) is 6.61 Å². The van der Waals surface area contributed by atoms with Gasteiger partial charge in [0.1, 0.15) is 5.75 Å². The monoisotopic (exact) mass is 152 g/mol. The lowest BCUT2D eigenvalue weighted by atomic mass is 10.1. The molecule has 0 heterocycles. The van der Waals surface area contributed by atoms with Crippen LogP contribution >= 0.6 is 0 Å². The summed E-state index contributed by atoms with van der Waals surface area (Å²) in [4.78, 5) is 0. The fourth-order valence-electron chi connectivity index (χ4n) is 0.985. The highest BCUT2D eigenvalue weighted by Gasteiger charge is 1.99. The van der Waals surface area contributed by atoms with Crippen molar-refractivity contribution in [3.63, 3.8) is 0 Å². The second kappa shape index (κ2) is 3.39. The molecule has 0 saturated heterocycles. The first-order valence-corrected chi connectivity index (χ1v) is 3.69. The topological polar surface area (TPSA) is 40.5 Å². The Hall–Kier alpha value is -1.02. The van der Waals surface area contributed by atoms with Crippen molar-refractivity contribution in [3.05, 3.63) is 29.3 Å². The predicted octanol–water partition coefficient (Wildman–Crippen LogP) is 1.45. The molecular weight excluding hydrogens is 140 g/mol. The van der Waals surface area contributed by atoms with Crippen LogP contribution in [-0.4, -0.2) is 10.2 Å². The molecule has 0 bridgehead atoms. The first kappa shape index (κ1) is 8.08. The normalized spacial score (nSPS) is 10.0. The van der Waals surface area contributed by atoms with Crippen molar-refractivity contribution in [3.8, 4) is 5.75 Å². The van der Waals surface area contributed by atoms with Crippen LogP contribution in [0.2, 0.25) is 0 Å². The van der Waals surface area contributed by atoms with E-state index in [9.17, 15) is 5.11 Å². The summed E-state index contributed by atoms with van der Waals surface area (Å²) >= 11 is 0. The van der Waals surface area contributed by atoms with Crippen LogP contribution < -0.4 is 0 Å². The number of hydrogen-bond donors (Lipinski definition) is 2. The fourth-order valence-corrected chi connectivity index (χ4v) is 0.985. The molecule has 2 nitrogen and oxygen atoms in total. The van der Waals surface area contributed by atoms with Gasteiger partial charge in [0.15, 0.2) is 0 Å². The number of rotatable bonds is 2. The highest BCUT2D eigenvalue weighted by Crippen LogP contribution is 2.18. The molecule has 0 aliphatic carbocycles. The summed E-state index contributed by atoms with van der Waals surface area (Å²) in [6.07, 6.45) is 0.924. The Morgan fingerprint density at radius 2 is 2.09 bits per heavy atom. The van der Waals surface area contributed by atoms with Crippen LogP contribution in [0.1, 0.15) is 18.1 Å². The molecule has 0 saturated carbocycles. The van der Waals surface area contributed by atoms with Crippen molar-refractivity contribution in [2.75, 3.05) is 0 Å². The zero-order valence-electron chi connectivity index (χ0n) is 6.54. The number of phenols is 1. The minimum atomic E-state index is -0.0975. The van der Waals surface area contributed by atoms with Crippen molar-refractivity contribution in [1.29, 1.82) is 0 Å². The average molecular weight is 152 g/mol. The summed E-state index contributed by atoms with van der Waals surface area (Å²) in [5.41, 5.74) is 1.73. The van der Waals surface area contributed by atoms with E-state index in [1.54, 1.807) is 6.07 Å². The molecular formula is C9H12O2. The summed E-state index contributed by atoms with van der Waals surface area (Å²) in [7, 11) is 0. The van der Waals surface area contributed by atoms with Crippen LogP contribution in [0.4, 0.5) is 0 Å². The van der Waals surface area contributed by atoms with Gasteiger partial charge in [0, 0.05) is 5.56 Å². The molecule has 11 heavy (non-hydrogen) atoms. The molecule has 0 spiro atoms. The maximum atomic E-state index is 9.17. The second-order valence-electron chi connectivity index (χ2n) is 2.47. The van der Waals surface area contributed by atoms with E-state index in [4.69, 9.17) is 5.11 Å². The van der Waals surface area contributed by atoms with E-state index in [2.05, 4.69) is 0 Å². The van der Waals surface area contributed by atoms with Gasteiger partial charge < -0.3 is 10.2 Å². The molecule has 2 heteroatoms. The minimum Gasteiger partial charge on any atom is -0.508 e. The van der Waals surface area contributed by atoms with Crippen LogP contribution in [0.3, 0.4) is 0 Å². The maximum Gasteiger partial charge on any atom is 0.121 e. The third-order valence-corrected chi connectivity index (χ3v) is 1.72. The number of aliphatic hydroxyl groups excluding tert-OH is 1. The van der Waals surface area contributed by atoms with E-state index in [0.29, 0.717) is 5.56 Å². The number of benzene rings is 1. The van der Waals surface area contributed by atoms with Crippen LogP contribution in [-0.2, 0) is 13.0 Å². The summed E-state index contributed by atoms with van der Waals surface area (Å²) in [6, 6.07) is 5.29. The SMILES string of the molecule is CCc1ccc(O)c(CO)c1. The molecule has 1 aromatic carbocycles. The van der Waals surface area contributed by atoms with Crippen LogP contribution in [0.25, 0.3) is 0 Å². The summed E-state index contributed by atoms with van der Waals surface area (Å²) in [6.45, 7) is 1.94. The Morgan fingerprint density at radius 1 is 1.36 bits per heavy atom. The highest BCUT2D eigenvalue weighted by molar-refractivity contribution is 5.35. The molecule has 0 aliphatic heterocycles. The molecule has 0 aliphatic rings. The van der Waals surface area contributed by atoms with Gasteiger partial charge in [-0.25, -0.2) is 0 Å². The standard InChI is InChI=1S/C9H12O2/c1-2-7-3-4-9(11)8(5-7)6-10/h3-5,10-11H,2,6H2,1H3. The van der Waals surface area contributed by atoms with Crippen LogP contribution in [0, 0.1) is 0 Å². The Morgan fingerprint density at radius 3 is 2.64 bits per heavy atom. The number of aryl methyl sites for hydroxylation is 1. The predicted molar refractivity (Wildman–Crippen MR) is 43.4 cm³/mol.